The molecule has 2 unspecified atom stereocenters. The van der Waals surface area contributed by atoms with E-state index in [1.165, 1.54) is 0 Å². The molecule has 2 atom stereocenters. The van der Waals surface area contributed by atoms with E-state index in [2.05, 4.69) is 20.2 Å². The smallest absolute Gasteiger partial charge is 0.232 e. The van der Waals surface area contributed by atoms with Gasteiger partial charge in [0.25, 0.3) is 0 Å². The Bertz CT molecular complexity index is 1230. The number of ether oxygens (including phenoxy) is 1. The van der Waals surface area contributed by atoms with E-state index in [9.17, 15) is 4.79 Å². The molecule has 1 aliphatic heterocycles. The Morgan fingerprint density at radius 3 is 2.73 bits per heavy atom. The summed E-state index contributed by atoms with van der Waals surface area (Å²) in [4.78, 5) is 22.9. The highest BCUT2D eigenvalue weighted by Gasteiger charge is 2.39. The van der Waals surface area contributed by atoms with E-state index in [4.69, 9.17) is 9.26 Å². The molecule has 4 aromatic rings. The number of aromatic nitrogens is 5. The van der Waals surface area contributed by atoms with Crippen LogP contribution in [-0.2, 0) is 18.4 Å². The molecule has 0 radical (unpaired) electrons. The molecule has 4 heterocycles. The van der Waals surface area contributed by atoms with Gasteiger partial charge in [-0.05, 0) is 36.8 Å². The highest BCUT2D eigenvalue weighted by Crippen LogP contribution is 2.42. The van der Waals surface area contributed by atoms with Gasteiger partial charge in [0.15, 0.2) is 0 Å². The van der Waals surface area contributed by atoms with Crippen LogP contribution >= 0.6 is 0 Å². The third kappa shape index (κ3) is 4.34. The summed E-state index contributed by atoms with van der Waals surface area (Å²) in [6, 6.07) is 11.2. The van der Waals surface area contributed by atoms with E-state index in [1.54, 1.807) is 28.2 Å². The second-order valence-corrected chi connectivity index (χ2v) is 8.17. The fourth-order valence-corrected chi connectivity index (χ4v) is 4.20. The summed E-state index contributed by atoms with van der Waals surface area (Å²) in [6.45, 7) is 0.448. The van der Waals surface area contributed by atoms with Gasteiger partial charge in [-0.1, -0.05) is 11.2 Å². The molecule has 3 aromatic heterocycles. The number of nitrogens with zero attached hydrogens (tertiary/aromatic N) is 6. The van der Waals surface area contributed by atoms with Gasteiger partial charge in [-0.15, -0.1) is 0 Å². The summed E-state index contributed by atoms with van der Waals surface area (Å²) in [5.41, 5.74) is 2.79. The van der Waals surface area contributed by atoms with Gasteiger partial charge in [-0.25, -0.2) is 0 Å². The van der Waals surface area contributed by atoms with Gasteiger partial charge >= 0.3 is 0 Å². The minimum Gasteiger partial charge on any atom is -0.489 e. The molecule has 0 saturated carbocycles. The number of hydrogen-bond donors (Lipinski definition) is 0. The van der Waals surface area contributed by atoms with Crippen molar-refractivity contribution in [3.05, 3.63) is 78.2 Å². The second-order valence-electron chi connectivity index (χ2n) is 8.17. The van der Waals surface area contributed by atoms with Crippen LogP contribution in [0.4, 0.5) is 0 Å². The average molecular weight is 444 g/mol. The van der Waals surface area contributed by atoms with Crippen LogP contribution in [0.25, 0.3) is 11.4 Å². The largest absolute Gasteiger partial charge is 0.489 e. The van der Waals surface area contributed by atoms with E-state index >= 15 is 0 Å². The maximum atomic E-state index is 12.4. The van der Waals surface area contributed by atoms with Gasteiger partial charge in [0, 0.05) is 55.8 Å². The number of benzene rings is 1. The molecule has 0 aliphatic carbocycles. The Kier molecular flexibility index (Phi) is 5.60. The molecule has 1 aliphatic rings. The number of likely N-dealkylation sites (tertiary alicyclic amines) is 1. The van der Waals surface area contributed by atoms with Gasteiger partial charge in [0.2, 0.25) is 17.6 Å². The number of hydrogen-bond acceptors (Lipinski definition) is 7. The monoisotopic (exact) mass is 444 g/mol. The van der Waals surface area contributed by atoms with Crippen molar-refractivity contribution in [1.82, 2.24) is 29.8 Å². The maximum absolute atomic E-state index is 12.4. The lowest BCUT2D eigenvalue weighted by atomic mass is 9.85. The van der Waals surface area contributed by atoms with Crippen molar-refractivity contribution >= 4 is 5.91 Å². The highest BCUT2D eigenvalue weighted by atomic mass is 16.5. The molecular formula is C24H24N6O3. The first-order chi connectivity index (χ1) is 16.1. The van der Waals surface area contributed by atoms with Gasteiger partial charge in [0.05, 0.1) is 18.2 Å². The zero-order valence-corrected chi connectivity index (χ0v) is 18.5. The Balaban J connectivity index is 1.33. The number of piperidine rings is 1. The molecule has 0 N–H and O–H groups in total. The van der Waals surface area contributed by atoms with Crippen molar-refractivity contribution in [1.29, 1.82) is 0 Å². The van der Waals surface area contributed by atoms with Crippen molar-refractivity contribution in [3.63, 3.8) is 0 Å². The van der Waals surface area contributed by atoms with Gasteiger partial charge in [0.1, 0.15) is 12.4 Å². The first-order valence-corrected chi connectivity index (χ1v) is 10.8. The molecule has 0 spiro atoms. The fraction of sp³-hybridized carbons (Fsp3) is 0.292. The molecule has 9 heteroatoms. The van der Waals surface area contributed by atoms with Crippen LogP contribution in [0.15, 0.2) is 65.7 Å². The van der Waals surface area contributed by atoms with Gasteiger partial charge in [-0.3, -0.25) is 14.5 Å². The molecule has 1 aromatic carbocycles. The molecule has 1 fully saturated rings. The number of aryl methyl sites for hydroxylation is 1. The average Bonchev–Trinajstić information content (AvgIpc) is 3.50. The lowest BCUT2D eigenvalue weighted by Crippen LogP contribution is -2.39. The SMILES string of the molecule is CN1C(=O)CCC(c2nc(-c3ccc(OCc4cccnc4)cc3)no2)C1c1cnn(C)c1. The quantitative estimate of drug-likeness (QED) is 0.449. The topological polar surface area (TPSA) is 99.2 Å². The Labute approximate surface area is 191 Å². The van der Waals surface area contributed by atoms with Crippen molar-refractivity contribution in [2.45, 2.75) is 31.4 Å². The van der Waals surface area contributed by atoms with E-state index in [0.29, 0.717) is 31.2 Å². The summed E-state index contributed by atoms with van der Waals surface area (Å²) in [5, 5.41) is 8.47. The van der Waals surface area contributed by atoms with Crippen LogP contribution in [0.2, 0.25) is 0 Å². The molecule has 5 rings (SSSR count). The number of carbonyl (C=O) groups is 1. The number of pyridine rings is 1. The summed E-state index contributed by atoms with van der Waals surface area (Å²) in [7, 11) is 3.67. The summed E-state index contributed by atoms with van der Waals surface area (Å²) >= 11 is 0. The molecule has 1 amide bonds. The Hall–Kier alpha value is -4.01. The number of likely N-dealkylation sites (N-methyl/N-ethyl adjacent to an activating group) is 1. The van der Waals surface area contributed by atoms with E-state index in [0.717, 1.165) is 22.4 Å². The van der Waals surface area contributed by atoms with Crippen molar-refractivity contribution in [3.8, 4) is 17.1 Å². The van der Waals surface area contributed by atoms with Crippen LogP contribution in [0.5, 0.6) is 5.75 Å². The Morgan fingerprint density at radius 2 is 2.00 bits per heavy atom. The van der Waals surface area contributed by atoms with E-state index < -0.39 is 0 Å². The molecule has 0 bridgehead atoms. The zero-order chi connectivity index (χ0) is 22.8. The molecular weight excluding hydrogens is 420 g/mol. The highest BCUT2D eigenvalue weighted by molar-refractivity contribution is 5.77. The summed E-state index contributed by atoms with van der Waals surface area (Å²) in [5.74, 6) is 1.78. The third-order valence-corrected chi connectivity index (χ3v) is 5.93. The Morgan fingerprint density at radius 1 is 1.15 bits per heavy atom. The van der Waals surface area contributed by atoms with Crippen molar-refractivity contribution in [2.24, 2.45) is 7.05 Å². The molecule has 1 saturated heterocycles. The van der Waals surface area contributed by atoms with Gasteiger partial charge < -0.3 is 14.2 Å². The van der Waals surface area contributed by atoms with Crippen molar-refractivity contribution in [2.75, 3.05) is 7.05 Å². The van der Waals surface area contributed by atoms with Crippen LogP contribution in [0.1, 0.15) is 41.8 Å². The summed E-state index contributed by atoms with van der Waals surface area (Å²) < 4.78 is 13.2. The van der Waals surface area contributed by atoms with E-state index in [1.807, 2.05) is 56.7 Å². The van der Waals surface area contributed by atoms with Crippen LogP contribution in [0, 0.1) is 0 Å². The molecule has 168 valence electrons. The first kappa shape index (κ1) is 20.9. The molecule has 9 nitrogen and oxygen atoms in total. The standard InChI is InChI=1S/C24H24N6O3/c1-29-14-18(13-26-29)22-20(9-10-21(31)30(22)2)24-27-23(28-33-24)17-5-7-19(8-6-17)32-15-16-4-3-11-25-12-16/h3-8,11-14,20,22H,9-10,15H2,1-2H3. The minimum absolute atomic E-state index is 0.0970. The first-order valence-electron chi connectivity index (χ1n) is 10.8. The van der Waals surface area contributed by atoms with Crippen molar-refractivity contribution < 1.29 is 14.1 Å². The molecule has 33 heavy (non-hydrogen) atoms. The lowest BCUT2D eigenvalue weighted by molar-refractivity contribution is -0.135. The number of carbonyl (C=O) groups excluding carboxylic acids is 1. The second kappa shape index (κ2) is 8.85. The number of amides is 1. The van der Waals surface area contributed by atoms with E-state index in [-0.39, 0.29) is 17.9 Å². The number of rotatable bonds is 6. The normalized spacial score (nSPS) is 18.5. The predicted octanol–water partition coefficient (Wildman–Crippen LogP) is 3.52. The fourth-order valence-electron chi connectivity index (χ4n) is 4.20. The zero-order valence-electron chi connectivity index (χ0n) is 18.5. The van der Waals surface area contributed by atoms with Crippen LogP contribution in [0.3, 0.4) is 0 Å². The lowest BCUT2D eigenvalue weighted by Gasteiger charge is -2.36. The maximum Gasteiger partial charge on any atom is 0.232 e. The van der Waals surface area contributed by atoms with Crippen LogP contribution < -0.4 is 4.74 Å². The minimum atomic E-state index is -0.198. The third-order valence-electron chi connectivity index (χ3n) is 5.93. The summed E-state index contributed by atoms with van der Waals surface area (Å²) in [6.07, 6.45) is 8.32. The van der Waals surface area contributed by atoms with Gasteiger partial charge in [-0.2, -0.15) is 10.1 Å². The van der Waals surface area contributed by atoms with Crippen LogP contribution in [-0.4, -0.2) is 42.8 Å². The predicted molar refractivity (Wildman–Crippen MR) is 119 cm³/mol.